The zero-order chi connectivity index (χ0) is 16.7. The number of carbonyl (C=O) groups excluding carboxylic acids is 2. The molecule has 0 aliphatic rings. The summed E-state index contributed by atoms with van der Waals surface area (Å²) in [6.07, 6.45) is 0.610. The molecule has 0 fully saturated rings. The summed E-state index contributed by atoms with van der Waals surface area (Å²) in [6, 6.07) is 16.2. The van der Waals surface area contributed by atoms with Gasteiger partial charge >= 0.3 is 5.97 Å². The molecule has 2 aromatic carbocycles. The Kier molecular flexibility index (Phi) is 6.18. The van der Waals surface area contributed by atoms with Gasteiger partial charge in [-0.1, -0.05) is 54.9 Å². The number of amides is 1. The Bertz CT molecular complexity index is 673. The van der Waals surface area contributed by atoms with Gasteiger partial charge in [-0.2, -0.15) is 0 Å². The van der Waals surface area contributed by atoms with E-state index in [0.29, 0.717) is 17.1 Å². The number of esters is 1. The van der Waals surface area contributed by atoms with E-state index in [1.54, 1.807) is 24.3 Å². The van der Waals surface area contributed by atoms with Crippen molar-refractivity contribution in [3.05, 3.63) is 65.2 Å². The highest BCUT2D eigenvalue weighted by molar-refractivity contribution is 6.30. The third-order valence-electron chi connectivity index (χ3n) is 3.35. The average molecular weight is 332 g/mol. The molecule has 0 aromatic heterocycles. The van der Waals surface area contributed by atoms with E-state index in [-0.39, 0.29) is 12.5 Å². The van der Waals surface area contributed by atoms with E-state index in [1.165, 1.54) is 0 Å². The summed E-state index contributed by atoms with van der Waals surface area (Å²) in [4.78, 5) is 24.0. The quantitative estimate of drug-likeness (QED) is 0.813. The second-order valence-electron chi connectivity index (χ2n) is 5.04. The van der Waals surface area contributed by atoms with Crippen LogP contribution in [0, 0.1) is 0 Å². The molecule has 0 saturated carbocycles. The van der Waals surface area contributed by atoms with Crippen LogP contribution in [-0.2, 0) is 14.3 Å². The van der Waals surface area contributed by atoms with E-state index < -0.39 is 11.9 Å². The number of carbonyl (C=O) groups is 2. The van der Waals surface area contributed by atoms with Gasteiger partial charge in [-0.3, -0.25) is 9.59 Å². The van der Waals surface area contributed by atoms with Crippen molar-refractivity contribution >= 4 is 29.2 Å². The minimum atomic E-state index is -0.403. The van der Waals surface area contributed by atoms with E-state index in [2.05, 4.69) is 5.32 Å². The number of hydrogen-bond donors (Lipinski definition) is 1. The summed E-state index contributed by atoms with van der Waals surface area (Å²) in [5.74, 6) is -1.17. The molecule has 2 aromatic rings. The molecule has 4 nitrogen and oxygen atoms in total. The Morgan fingerprint density at radius 1 is 1.13 bits per heavy atom. The number of hydrogen-bond acceptors (Lipinski definition) is 3. The summed E-state index contributed by atoms with van der Waals surface area (Å²) >= 11 is 5.85. The van der Waals surface area contributed by atoms with Crippen molar-refractivity contribution in [2.75, 3.05) is 11.9 Å². The van der Waals surface area contributed by atoms with E-state index in [9.17, 15) is 9.59 Å². The molecule has 5 heteroatoms. The molecule has 1 amide bonds. The molecule has 1 unspecified atom stereocenters. The average Bonchev–Trinajstić information content (AvgIpc) is 2.55. The first-order valence-electron chi connectivity index (χ1n) is 7.37. The molecular formula is C18H18ClNO3. The Balaban J connectivity index is 1.89. The van der Waals surface area contributed by atoms with Crippen LogP contribution in [0.1, 0.15) is 24.8 Å². The van der Waals surface area contributed by atoms with Gasteiger partial charge in [0.2, 0.25) is 0 Å². The monoisotopic (exact) mass is 331 g/mol. The second-order valence-corrected chi connectivity index (χ2v) is 5.47. The van der Waals surface area contributed by atoms with Crippen molar-refractivity contribution in [3.8, 4) is 0 Å². The van der Waals surface area contributed by atoms with Gasteiger partial charge in [0.15, 0.2) is 6.61 Å². The van der Waals surface area contributed by atoms with Gasteiger partial charge in [-0.05, 0) is 30.2 Å². The minimum absolute atomic E-state index is 0.325. The summed E-state index contributed by atoms with van der Waals surface area (Å²) in [5.41, 5.74) is 1.45. The van der Waals surface area contributed by atoms with Gasteiger partial charge in [-0.15, -0.1) is 0 Å². The van der Waals surface area contributed by atoms with Crippen molar-refractivity contribution in [3.63, 3.8) is 0 Å². The molecule has 1 atom stereocenters. The van der Waals surface area contributed by atoms with Crippen molar-refractivity contribution in [2.45, 2.75) is 19.3 Å². The summed E-state index contributed by atoms with van der Waals surface area (Å²) in [6.45, 7) is 1.58. The van der Waals surface area contributed by atoms with Gasteiger partial charge in [-0.25, -0.2) is 0 Å². The van der Waals surface area contributed by atoms with Crippen LogP contribution in [0.3, 0.4) is 0 Å². The van der Waals surface area contributed by atoms with Crippen LogP contribution in [0.5, 0.6) is 0 Å². The molecule has 23 heavy (non-hydrogen) atoms. The van der Waals surface area contributed by atoms with Crippen molar-refractivity contribution in [1.29, 1.82) is 0 Å². The first-order chi connectivity index (χ1) is 11.1. The standard InChI is InChI=1S/C18H18ClNO3/c1-2-16(13-7-4-3-5-8-13)18(22)23-12-17(21)20-15-10-6-9-14(19)11-15/h3-11,16H,2,12H2,1H3,(H,20,21). The fourth-order valence-corrected chi connectivity index (χ4v) is 2.41. The molecule has 0 aliphatic carbocycles. The Labute approximate surface area is 140 Å². The number of ether oxygens (including phenoxy) is 1. The van der Waals surface area contributed by atoms with Crippen molar-refractivity contribution < 1.29 is 14.3 Å². The zero-order valence-corrected chi connectivity index (χ0v) is 13.5. The van der Waals surface area contributed by atoms with E-state index >= 15 is 0 Å². The van der Waals surface area contributed by atoms with Gasteiger partial charge in [0.1, 0.15) is 0 Å². The molecule has 2 rings (SSSR count). The smallest absolute Gasteiger partial charge is 0.313 e. The highest BCUT2D eigenvalue weighted by Gasteiger charge is 2.20. The molecule has 1 N–H and O–H groups in total. The lowest BCUT2D eigenvalue weighted by molar-refractivity contribution is -0.149. The Morgan fingerprint density at radius 3 is 2.52 bits per heavy atom. The summed E-state index contributed by atoms with van der Waals surface area (Å²) < 4.78 is 5.13. The molecule has 120 valence electrons. The third kappa shape index (κ3) is 5.11. The second kappa shape index (κ2) is 8.34. The number of benzene rings is 2. The van der Waals surface area contributed by atoms with Crippen LogP contribution in [0.2, 0.25) is 5.02 Å². The maximum Gasteiger partial charge on any atom is 0.313 e. The maximum absolute atomic E-state index is 12.2. The molecule has 0 bridgehead atoms. The third-order valence-corrected chi connectivity index (χ3v) is 3.58. The number of nitrogens with one attached hydrogen (secondary N) is 1. The minimum Gasteiger partial charge on any atom is -0.455 e. The molecule has 0 heterocycles. The van der Waals surface area contributed by atoms with Gasteiger partial charge in [0.25, 0.3) is 5.91 Å². The number of anilines is 1. The van der Waals surface area contributed by atoms with Gasteiger partial charge in [0, 0.05) is 10.7 Å². The Hall–Kier alpha value is -2.33. The van der Waals surface area contributed by atoms with E-state index in [4.69, 9.17) is 16.3 Å². The summed E-state index contributed by atoms with van der Waals surface area (Å²) in [7, 11) is 0. The van der Waals surface area contributed by atoms with Crippen molar-refractivity contribution in [1.82, 2.24) is 0 Å². The molecular weight excluding hydrogens is 314 g/mol. The summed E-state index contributed by atoms with van der Waals surface area (Å²) in [5, 5.41) is 3.16. The lowest BCUT2D eigenvalue weighted by atomic mass is 9.97. The van der Waals surface area contributed by atoms with Crippen LogP contribution in [-0.4, -0.2) is 18.5 Å². The van der Waals surface area contributed by atoms with Crippen LogP contribution >= 0.6 is 11.6 Å². The number of rotatable bonds is 6. The molecule has 0 aliphatic heterocycles. The topological polar surface area (TPSA) is 55.4 Å². The molecule has 0 saturated heterocycles. The first-order valence-corrected chi connectivity index (χ1v) is 7.75. The normalized spacial score (nSPS) is 11.6. The number of halogens is 1. The maximum atomic E-state index is 12.2. The molecule has 0 spiro atoms. The molecule has 0 radical (unpaired) electrons. The lowest BCUT2D eigenvalue weighted by Gasteiger charge is -2.14. The van der Waals surface area contributed by atoms with Gasteiger partial charge in [0.05, 0.1) is 5.92 Å². The zero-order valence-electron chi connectivity index (χ0n) is 12.8. The highest BCUT2D eigenvalue weighted by atomic mass is 35.5. The lowest BCUT2D eigenvalue weighted by Crippen LogP contribution is -2.23. The van der Waals surface area contributed by atoms with Gasteiger partial charge < -0.3 is 10.1 Å². The highest BCUT2D eigenvalue weighted by Crippen LogP contribution is 2.20. The van der Waals surface area contributed by atoms with Crippen LogP contribution in [0.4, 0.5) is 5.69 Å². The fraction of sp³-hybridized carbons (Fsp3) is 0.222. The van der Waals surface area contributed by atoms with E-state index in [1.807, 2.05) is 37.3 Å². The largest absolute Gasteiger partial charge is 0.455 e. The van der Waals surface area contributed by atoms with Crippen LogP contribution in [0.25, 0.3) is 0 Å². The Morgan fingerprint density at radius 2 is 1.87 bits per heavy atom. The van der Waals surface area contributed by atoms with Crippen LogP contribution in [0.15, 0.2) is 54.6 Å². The van der Waals surface area contributed by atoms with E-state index in [0.717, 1.165) is 5.56 Å². The predicted octanol–water partition coefficient (Wildman–Crippen LogP) is 4.02. The predicted molar refractivity (Wildman–Crippen MR) is 90.5 cm³/mol. The first kappa shape index (κ1) is 17.0. The van der Waals surface area contributed by atoms with Crippen LogP contribution < -0.4 is 5.32 Å². The van der Waals surface area contributed by atoms with Crippen molar-refractivity contribution in [2.24, 2.45) is 0 Å². The fourth-order valence-electron chi connectivity index (χ4n) is 2.22. The SMILES string of the molecule is CCC(C(=O)OCC(=O)Nc1cccc(Cl)c1)c1ccccc1.